The van der Waals surface area contributed by atoms with Gasteiger partial charge in [0.2, 0.25) is 0 Å². The quantitative estimate of drug-likeness (QED) is 0.898. The van der Waals surface area contributed by atoms with E-state index in [1.54, 1.807) is 12.1 Å². The Morgan fingerprint density at radius 2 is 1.96 bits per heavy atom. The number of halogens is 2. The maximum Gasteiger partial charge on any atom is 0.335 e. The number of hydrogen-bond donors (Lipinski definition) is 2. The number of rotatable bonds is 3. The van der Waals surface area contributed by atoms with Crippen molar-refractivity contribution in [1.29, 1.82) is 0 Å². The average molecular weight is 333 g/mol. The predicted molar refractivity (Wildman–Crippen MR) is 84.1 cm³/mol. The van der Waals surface area contributed by atoms with Crippen molar-refractivity contribution in [3.8, 4) is 0 Å². The number of alkyl halides is 2. The van der Waals surface area contributed by atoms with E-state index in [-0.39, 0.29) is 29.8 Å². The maximum absolute atomic E-state index is 14.7. The van der Waals surface area contributed by atoms with E-state index in [1.165, 1.54) is 24.5 Å². The summed E-state index contributed by atoms with van der Waals surface area (Å²) in [6, 6.07) is 5.98. The molecule has 1 aliphatic rings. The molecular weight excluding hydrogens is 316 g/mol. The molecule has 1 heterocycles. The number of nitrogens with zero attached hydrogens (tertiary/aromatic N) is 2. The van der Waals surface area contributed by atoms with Gasteiger partial charge in [0.25, 0.3) is 5.92 Å². The van der Waals surface area contributed by atoms with Crippen LogP contribution in [0.4, 0.5) is 14.6 Å². The number of carboxylic acids is 1. The monoisotopic (exact) mass is 333 g/mol. The second-order valence-electron chi connectivity index (χ2n) is 6.05. The van der Waals surface area contributed by atoms with E-state index in [1.807, 2.05) is 0 Å². The number of nitrogen functional groups attached to an aromatic ring is 1. The third kappa shape index (κ3) is 3.06. The fraction of sp³-hybridized carbons (Fsp3) is 0.353. The summed E-state index contributed by atoms with van der Waals surface area (Å²) in [5.74, 6) is -5.48. The van der Waals surface area contributed by atoms with Crippen molar-refractivity contribution in [2.75, 3.05) is 5.73 Å². The molecule has 7 heteroatoms. The van der Waals surface area contributed by atoms with Crippen molar-refractivity contribution < 1.29 is 18.7 Å². The first-order chi connectivity index (χ1) is 11.4. The van der Waals surface area contributed by atoms with Crippen LogP contribution in [0.1, 0.15) is 52.7 Å². The van der Waals surface area contributed by atoms with E-state index in [4.69, 9.17) is 5.73 Å². The molecule has 3 N–H and O–H groups in total. The van der Waals surface area contributed by atoms with Gasteiger partial charge in [0.15, 0.2) is 0 Å². The van der Waals surface area contributed by atoms with Crippen LogP contribution in [0.5, 0.6) is 0 Å². The van der Waals surface area contributed by atoms with Gasteiger partial charge in [0.05, 0.1) is 23.7 Å². The number of nitrogens with two attached hydrogens (primary N) is 1. The van der Waals surface area contributed by atoms with Gasteiger partial charge in [0, 0.05) is 18.3 Å². The van der Waals surface area contributed by atoms with Gasteiger partial charge in [-0.2, -0.15) is 0 Å². The van der Waals surface area contributed by atoms with Gasteiger partial charge < -0.3 is 10.8 Å². The van der Waals surface area contributed by atoms with Crippen LogP contribution in [0.2, 0.25) is 0 Å². The Morgan fingerprint density at radius 1 is 1.21 bits per heavy atom. The SMILES string of the molecule is Nc1cnc(C2CCC(c3ccccc3C(=O)O)C(F)(F)C2)cn1. The minimum absolute atomic E-state index is 0.0621. The third-order valence-corrected chi connectivity index (χ3v) is 4.51. The lowest BCUT2D eigenvalue weighted by molar-refractivity contribution is -0.0620. The zero-order valence-electron chi connectivity index (χ0n) is 12.8. The first-order valence-electron chi connectivity index (χ1n) is 7.66. The molecule has 0 amide bonds. The first kappa shape index (κ1) is 16.3. The summed E-state index contributed by atoms with van der Waals surface area (Å²) >= 11 is 0. The molecule has 24 heavy (non-hydrogen) atoms. The highest BCUT2D eigenvalue weighted by atomic mass is 19.3. The summed E-state index contributed by atoms with van der Waals surface area (Å²) in [4.78, 5) is 19.3. The fourth-order valence-electron chi connectivity index (χ4n) is 3.34. The molecule has 0 aliphatic heterocycles. The largest absolute Gasteiger partial charge is 0.478 e. The van der Waals surface area contributed by atoms with Crippen molar-refractivity contribution in [3.63, 3.8) is 0 Å². The second-order valence-corrected chi connectivity index (χ2v) is 6.05. The highest BCUT2D eigenvalue weighted by Crippen LogP contribution is 2.50. The summed E-state index contributed by atoms with van der Waals surface area (Å²) in [5.41, 5.74) is 6.10. The lowest BCUT2D eigenvalue weighted by Crippen LogP contribution is -2.34. The summed E-state index contributed by atoms with van der Waals surface area (Å²) < 4.78 is 29.5. The Kier molecular flexibility index (Phi) is 4.17. The van der Waals surface area contributed by atoms with Crippen molar-refractivity contribution in [1.82, 2.24) is 9.97 Å². The summed E-state index contributed by atoms with van der Waals surface area (Å²) in [7, 11) is 0. The molecule has 126 valence electrons. The van der Waals surface area contributed by atoms with Crippen LogP contribution in [-0.2, 0) is 0 Å². The molecule has 1 fully saturated rings. The van der Waals surface area contributed by atoms with Crippen LogP contribution < -0.4 is 5.73 Å². The molecule has 0 saturated heterocycles. The fourth-order valence-corrected chi connectivity index (χ4v) is 3.34. The Hall–Kier alpha value is -2.57. The molecule has 0 spiro atoms. The topological polar surface area (TPSA) is 89.1 Å². The number of benzene rings is 1. The summed E-state index contributed by atoms with van der Waals surface area (Å²) in [5, 5.41) is 9.25. The van der Waals surface area contributed by atoms with Crippen LogP contribution in [0.3, 0.4) is 0 Å². The zero-order chi connectivity index (χ0) is 17.3. The van der Waals surface area contributed by atoms with Gasteiger partial charge in [-0.1, -0.05) is 18.2 Å². The maximum atomic E-state index is 14.7. The number of aromatic nitrogens is 2. The molecular formula is C17H17F2N3O2. The van der Waals surface area contributed by atoms with Gasteiger partial charge >= 0.3 is 5.97 Å². The Bertz CT molecular complexity index is 750. The van der Waals surface area contributed by atoms with Crippen LogP contribution >= 0.6 is 0 Å². The van der Waals surface area contributed by atoms with Crippen LogP contribution in [0.25, 0.3) is 0 Å². The molecule has 3 rings (SSSR count). The number of carbonyl (C=O) groups is 1. The lowest BCUT2D eigenvalue weighted by atomic mass is 9.74. The lowest BCUT2D eigenvalue weighted by Gasteiger charge is -2.36. The number of anilines is 1. The van der Waals surface area contributed by atoms with E-state index in [2.05, 4.69) is 9.97 Å². The van der Waals surface area contributed by atoms with Gasteiger partial charge in [0.1, 0.15) is 5.82 Å². The van der Waals surface area contributed by atoms with Crippen LogP contribution in [-0.4, -0.2) is 27.0 Å². The Balaban J connectivity index is 1.87. The number of carboxylic acid groups (broad SMARTS) is 1. The van der Waals surface area contributed by atoms with Gasteiger partial charge in [-0.25, -0.2) is 18.6 Å². The second kappa shape index (κ2) is 6.14. The Morgan fingerprint density at radius 3 is 2.58 bits per heavy atom. The van der Waals surface area contributed by atoms with Gasteiger partial charge in [-0.3, -0.25) is 4.98 Å². The number of hydrogen-bond acceptors (Lipinski definition) is 4. The van der Waals surface area contributed by atoms with E-state index in [0.717, 1.165) is 0 Å². The normalized spacial score (nSPS) is 22.9. The average Bonchev–Trinajstić information content (AvgIpc) is 2.54. The minimum atomic E-state index is -3.02. The molecule has 2 unspecified atom stereocenters. The van der Waals surface area contributed by atoms with Crippen LogP contribution in [0, 0.1) is 0 Å². The van der Waals surface area contributed by atoms with Gasteiger partial charge in [-0.05, 0) is 24.5 Å². The summed E-state index contributed by atoms with van der Waals surface area (Å²) in [6.07, 6.45) is 3.09. The van der Waals surface area contributed by atoms with E-state index >= 15 is 0 Å². The molecule has 1 aliphatic carbocycles. The predicted octanol–water partition coefficient (Wildman–Crippen LogP) is 3.44. The molecule has 0 radical (unpaired) electrons. The molecule has 5 nitrogen and oxygen atoms in total. The first-order valence-corrected chi connectivity index (χ1v) is 7.66. The van der Waals surface area contributed by atoms with E-state index in [9.17, 15) is 18.7 Å². The molecule has 2 aromatic rings. The Labute approximate surface area is 137 Å². The zero-order valence-corrected chi connectivity index (χ0v) is 12.8. The van der Waals surface area contributed by atoms with E-state index in [0.29, 0.717) is 12.1 Å². The molecule has 0 bridgehead atoms. The highest BCUT2D eigenvalue weighted by molar-refractivity contribution is 5.89. The van der Waals surface area contributed by atoms with Crippen molar-refractivity contribution >= 4 is 11.8 Å². The molecule has 1 saturated carbocycles. The smallest absolute Gasteiger partial charge is 0.335 e. The standard InChI is InChI=1S/C17H17F2N3O2/c18-17(19)7-10(14-8-22-15(20)9-21-14)5-6-13(17)11-3-1-2-4-12(11)16(23)24/h1-4,8-10,13H,5-7H2,(H2,20,22)(H,23,24). The van der Waals surface area contributed by atoms with E-state index < -0.39 is 23.7 Å². The van der Waals surface area contributed by atoms with Crippen molar-refractivity contribution in [2.24, 2.45) is 0 Å². The van der Waals surface area contributed by atoms with Crippen LogP contribution in [0.15, 0.2) is 36.7 Å². The third-order valence-electron chi connectivity index (χ3n) is 4.51. The number of aromatic carboxylic acids is 1. The van der Waals surface area contributed by atoms with Gasteiger partial charge in [-0.15, -0.1) is 0 Å². The summed E-state index contributed by atoms with van der Waals surface area (Å²) in [6.45, 7) is 0. The van der Waals surface area contributed by atoms with Crippen molar-refractivity contribution in [2.45, 2.75) is 37.0 Å². The molecule has 1 aromatic heterocycles. The minimum Gasteiger partial charge on any atom is -0.478 e. The van der Waals surface area contributed by atoms with Crippen molar-refractivity contribution in [3.05, 3.63) is 53.5 Å². The highest BCUT2D eigenvalue weighted by Gasteiger charge is 2.47. The molecule has 1 aromatic carbocycles. The molecule has 2 atom stereocenters.